The highest BCUT2D eigenvalue weighted by Crippen LogP contribution is 2.28. The fourth-order valence-electron chi connectivity index (χ4n) is 3.77. The Morgan fingerprint density at radius 1 is 0.941 bits per heavy atom. The number of benzene rings is 2. The van der Waals surface area contributed by atoms with Gasteiger partial charge >= 0.3 is 11.9 Å². The van der Waals surface area contributed by atoms with Gasteiger partial charge in [0.25, 0.3) is 0 Å². The zero-order valence-corrected chi connectivity index (χ0v) is 19.8. The third-order valence-electron chi connectivity index (χ3n) is 5.61. The van der Waals surface area contributed by atoms with Crippen LogP contribution in [-0.4, -0.2) is 39.7 Å². The molecule has 0 spiro atoms. The summed E-state index contributed by atoms with van der Waals surface area (Å²) in [5.74, 6) is -0.823. The van der Waals surface area contributed by atoms with Crippen molar-refractivity contribution < 1.29 is 19.1 Å². The standard InChI is InChI=1S/C26H28N4O4/c1-5-33-25(32)20-21-23(29-19-9-7-6-8-18(19)28-21)30(22(20)27)14-15-34-24(31)16-10-12-17(13-11-16)26(2,3)4/h6-13H,5,14-15,27H2,1-4H3. The number of anilines is 1. The molecule has 0 amide bonds. The first-order valence-electron chi connectivity index (χ1n) is 11.2. The molecule has 2 aromatic carbocycles. The summed E-state index contributed by atoms with van der Waals surface area (Å²) in [6.07, 6.45) is 0. The summed E-state index contributed by atoms with van der Waals surface area (Å²) in [5.41, 5.74) is 10.2. The Bertz CT molecular complexity index is 1370. The number of nitrogens with zero attached hydrogens (tertiary/aromatic N) is 3. The molecule has 0 fully saturated rings. The largest absolute Gasteiger partial charge is 0.462 e. The molecular formula is C26H28N4O4. The number of para-hydroxylation sites is 2. The molecule has 8 heteroatoms. The molecule has 0 saturated heterocycles. The van der Waals surface area contributed by atoms with Gasteiger partial charge < -0.3 is 19.8 Å². The number of carbonyl (C=O) groups excluding carboxylic acids is 2. The quantitative estimate of drug-likeness (QED) is 0.422. The predicted octanol–water partition coefficient (Wildman–Crippen LogP) is 4.50. The molecule has 34 heavy (non-hydrogen) atoms. The van der Waals surface area contributed by atoms with Crippen molar-refractivity contribution in [1.82, 2.24) is 14.5 Å². The van der Waals surface area contributed by atoms with Gasteiger partial charge in [0, 0.05) is 0 Å². The Hall–Kier alpha value is -3.94. The van der Waals surface area contributed by atoms with Crippen LogP contribution in [0.15, 0.2) is 48.5 Å². The van der Waals surface area contributed by atoms with E-state index in [2.05, 4.69) is 30.7 Å². The third kappa shape index (κ3) is 4.44. The summed E-state index contributed by atoms with van der Waals surface area (Å²) in [6, 6.07) is 14.7. The fraction of sp³-hybridized carbons (Fsp3) is 0.308. The molecule has 0 saturated carbocycles. The molecule has 4 rings (SSSR count). The minimum Gasteiger partial charge on any atom is -0.462 e. The van der Waals surface area contributed by atoms with Crippen LogP contribution in [0.5, 0.6) is 0 Å². The average Bonchev–Trinajstić information content (AvgIpc) is 3.07. The van der Waals surface area contributed by atoms with Gasteiger partial charge in [0.05, 0.1) is 29.7 Å². The van der Waals surface area contributed by atoms with Gasteiger partial charge in [-0.15, -0.1) is 0 Å². The lowest BCUT2D eigenvalue weighted by Crippen LogP contribution is -2.15. The lowest BCUT2D eigenvalue weighted by atomic mass is 9.87. The molecule has 176 valence electrons. The summed E-state index contributed by atoms with van der Waals surface area (Å²) < 4.78 is 12.3. The van der Waals surface area contributed by atoms with Crippen molar-refractivity contribution in [2.24, 2.45) is 0 Å². The molecule has 0 unspecified atom stereocenters. The molecule has 0 aliphatic carbocycles. The third-order valence-corrected chi connectivity index (χ3v) is 5.61. The number of ether oxygens (including phenoxy) is 2. The van der Waals surface area contributed by atoms with Crippen LogP contribution in [0.2, 0.25) is 0 Å². The molecule has 2 N–H and O–H groups in total. The van der Waals surface area contributed by atoms with E-state index in [1.54, 1.807) is 23.6 Å². The van der Waals surface area contributed by atoms with Gasteiger partial charge in [-0.2, -0.15) is 0 Å². The topological polar surface area (TPSA) is 109 Å². The fourth-order valence-corrected chi connectivity index (χ4v) is 3.77. The number of nitrogen functional groups attached to an aromatic ring is 1. The highest BCUT2D eigenvalue weighted by atomic mass is 16.5. The first-order valence-corrected chi connectivity index (χ1v) is 11.2. The van der Waals surface area contributed by atoms with Crippen LogP contribution in [0.4, 0.5) is 5.82 Å². The van der Waals surface area contributed by atoms with E-state index in [-0.39, 0.29) is 36.6 Å². The molecule has 0 radical (unpaired) electrons. The molecule has 0 aliphatic rings. The number of esters is 2. The van der Waals surface area contributed by atoms with E-state index in [0.717, 1.165) is 5.56 Å². The van der Waals surface area contributed by atoms with E-state index < -0.39 is 11.9 Å². The first kappa shape index (κ1) is 23.2. The summed E-state index contributed by atoms with van der Waals surface area (Å²) in [6.45, 7) is 8.53. The summed E-state index contributed by atoms with van der Waals surface area (Å²) in [5, 5.41) is 0. The van der Waals surface area contributed by atoms with Crippen LogP contribution in [0.1, 0.15) is 54.0 Å². The molecular weight excluding hydrogens is 432 g/mol. The number of hydrogen-bond acceptors (Lipinski definition) is 7. The molecule has 0 aliphatic heterocycles. The highest BCUT2D eigenvalue weighted by molar-refractivity contribution is 6.08. The average molecular weight is 461 g/mol. The SMILES string of the molecule is CCOC(=O)c1c(N)n(CCOC(=O)c2ccc(C(C)(C)C)cc2)c2nc3ccccc3nc12. The van der Waals surface area contributed by atoms with Crippen molar-refractivity contribution in [1.29, 1.82) is 0 Å². The Labute approximate surface area is 197 Å². The van der Waals surface area contributed by atoms with Crippen LogP contribution >= 0.6 is 0 Å². The van der Waals surface area contributed by atoms with Crippen molar-refractivity contribution in [3.63, 3.8) is 0 Å². The lowest BCUT2D eigenvalue weighted by Gasteiger charge is -2.19. The van der Waals surface area contributed by atoms with Crippen LogP contribution < -0.4 is 5.73 Å². The van der Waals surface area contributed by atoms with Gasteiger partial charge in [-0.1, -0.05) is 45.0 Å². The highest BCUT2D eigenvalue weighted by Gasteiger charge is 2.25. The van der Waals surface area contributed by atoms with Gasteiger partial charge in [-0.05, 0) is 42.2 Å². The Balaban J connectivity index is 1.60. The lowest BCUT2D eigenvalue weighted by molar-refractivity contribution is 0.0488. The zero-order chi connectivity index (χ0) is 24.5. The Morgan fingerprint density at radius 3 is 2.21 bits per heavy atom. The maximum absolute atomic E-state index is 12.6. The normalized spacial score (nSPS) is 11.6. The Morgan fingerprint density at radius 2 is 1.59 bits per heavy atom. The monoisotopic (exact) mass is 460 g/mol. The number of aromatic nitrogens is 3. The Kier molecular flexibility index (Phi) is 6.24. The van der Waals surface area contributed by atoms with Gasteiger partial charge in [-0.25, -0.2) is 19.6 Å². The number of rotatable bonds is 6. The number of fused-ring (bicyclic) bond motifs is 2. The van der Waals surface area contributed by atoms with Crippen LogP contribution in [0.3, 0.4) is 0 Å². The first-order chi connectivity index (χ1) is 16.2. The van der Waals surface area contributed by atoms with Gasteiger partial charge in [-0.3, -0.25) is 0 Å². The molecule has 0 bridgehead atoms. The molecule has 0 atom stereocenters. The van der Waals surface area contributed by atoms with Crippen molar-refractivity contribution in [3.8, 4) is 0 Å². The van der Waals surface area contributed by atoms with Crippen molar-refractivity contribution in [2.75, 3.05) is 18.9 Å². The minimum absolute atomic E-state index is 0.00270. The predicted molar refractivity (Wildman–Crippen MR) is 131 cm³/mol. The van der Waals surface area contributed by atoms with Gasteiger partial charge in [0.1, 0.15) is 23.5 Å². The number of nitrogens with two attached hydrogens (primary N) is 1. The number of carbonyl (C=O) groups is 2. The van der Waals surface area contributed by atoms with Gasteiger partial charge in [0.15, 0.2) is 5.65 Å². The van der Waals surface area contributed by atoms with Crippen LogP contribution in [-0.2, 0) is 21.4 Å². The smallest absolute Gasteiger partial charge is 0.344 e. The zero-order valence-electron chi connectivity index (χ0n) is 19.8. The van der Waals surface area contributed by atoms with Crippen LogP contribution in [0.25, 0.3) is 22.2 Å². The van der Waals surface area contributed by atoms with Crippen molar-refractivity contribution in [3.05, 3.63) is 65.2 Å². The van der Waals surface area contributed by atoms with E-state index >= 15 is 0 Å². The maximum Gasteiger partial charge on any atom is 0.344 e. The van der Waals surface area contributed by atoms with Crippen molar-refractivity contribution >= 4 is 40.0 Å². The van der Waals surface area contributed by atoms with Crippen molar-refractivity contribution in [2.45, 2.75) is 39.7 Å². The second-order valence-electron chi connectivity index (χ2n) is 8.98. The summed E-state index contributed by atoms with van der Waals surface area (Å²) in [7, 11) is 0. The van der Waals surface area contributed by atoms with E-state index in [1.165, 1.54) is 0 Å². The molecule has 4 aromatic rings. The van der Waals surface area contributed by atoms with E-state index in [4.69, 9.17) is 15.2 Å². The second kappa shape index (κ2) is 9.13. The van der Waals surface area contributed by atoms with Crippen LogP contribution in [0, 0.1) is 0 Å². The van der Waals surface area contributed by atoms with E-state index in [1.807, 2.05) is 36.4 Å². The summed E-state index contributed by atoms with van der Waals surface area (Å²) in [4.78, 5) is 34.4. The summed E-state index contributed by atoms with van der Waals surface area (Å²) >= 11 is 0. The molecule has 8 nitrogen and oxygen atoms in total. The maximum atomic E-state index is 12.6. The molecule has 2 heterocycles. The van der Waals surface area contributed by atoms with Gasteiger partial charge in [0.2, 0.25) is 0 Å². The van der Waals surface area contributed by atoms with E-state index in [0.29, 0.717) is 27.8 Å². The number of hydrogen-bond donors (Lipinski definition) is 1. The second-order valence-corrected chi connectivity index (χ2v) is 8.98. The van der Waals surface area contributed by atoms with E-state index in [9.17, 15) is 9.59 Å². The minimum atomic E-state index is -0.565. The molecule has 2 aromatic heterocycles.